The molecule has 2 aliphatic carbocycles. The first kappa shape index (κ1) is 22.9. The van der Waals surface area contributed by atoms with Gasteiger partial charge in [-0.05, 0) is 67.7 Å². The number of ether oxygens (including phenoxy) is 1. The van der Waals surface area contributed by atoms with E-state index < -0.39 is 0 Å². The highest BCUT2D eigenvalue weighted by Gasteiger charge is 2.45. The number of anilines is 1. The van der Waals surface area contributed by atoms with Crippen LogP contribution in [0.1, 0.15) is 80.4 Å². The molecule has 0 saturated heterocycles. The van der Waals surface area contributed by atoms with Crippen molar-refractivity contribution in [2.75, 3.05) is 11.5 Å². The number of benzene rings is 1. The number of hydrogen-bond donors (Lipinski definition) is 0. The fourth-order valence-corrected chi connectivity index (χ4v) is 7.10. The van der Waals surface area contributed by atoms with Crippen LogP contribution in [0.2, 0.25) is 0 Å². The van der Waals surface area contributed by atoms with Gasteiger partial charge in [-0.1, -0.05) is 26.0 Å². The molecule has 1 aromatic heterocycles. The number of ketones is 1. The third kappa shape index (κ3) is 3.86. The average molecular weight is 475 g/mol. The van der Waals surface area contributed by atoms with Crippen molar-refractivity contribution in [1.29, 1.82) is 5.26 Å². The molecular weight excluding hydrogens is 444 g/mol. The van der Waals surface area contributed by atoms with Crippen molar-refractivity contribution in [3.8, 4) is 11.8 Å². The third-order valence-corrected chi connectivity index (χ3v) is 8.48. The van der Waals surface area contributed by atoms with Crippen LogP contribution in [-0.2, 0) is 22.4 Å². The summed E-state index contributed by atoms with van der Waals surface area (Å²) in [4.78, 5) is 30.3. The number of thiophene rings is 1. The topological polar surface area (TPSA) is 70.4 Å². The summed E-state index contributed by atoms with van der Waals surface area (Å²) in [6.07, 6.45) is 5.38. The molecule has 0 N–H and O–H groups in total. The molecule has 2 aromatic rings. The van der Waals surface area contributed by atoms with Gasteiger partial charge in [0.05, 0.1) is 12.2 Å². The average Bonchev–Trinajstić information content (AvgIpc) is 3.16. The van der Waals surface area contributed by atoms with Crippen LogP contribution in [0.5, 0.6) is 5.75 Å². The SMILES string of the molecule is CCOc1ccc([C@H]2CC(=O)N(c3sc4c(c3C#N)CCCC4)C3=C2C(=O)CC(C)(C)C3)cc1. The molecule has 0 spiro atoms. The maximum Gasteiger partial charge on any atom is 0.232 e. The minimum Gasteiger partial charge on any atom is -0.494 e. The van der Waals surface area contributed by atoms with Crippen LogP contribution in [0, 0.1) is 16.7 Å². The van der Waals surface area contributed by atoms with E-state index in [0.29, 0.717) is 25.0 Å². The Hall–Kier alpha value is -2.91. The number of nitrogens with zero attached hydrogens (tertiary/aromatic N) is 2. The standard InChI is InChI=1S/C28H30N2O3S/c1-4-33-18-11-9-17(10-12-18)20-13-25(32)30(22-14-28(2,3)15-23(31)26(20)22)27-21(16-29)19-7-5-6-8-24(19)34-27/h9-12,20H,4-8,13-15H2,1-3H3/t20-/m1/s1. The maximum atomic E-state index is 13.8. The summed E-state index contributed by atoms with van der Waals surface area (Å²) in [5.74, 6) is 0.599. The zero-order valence-electron chi connectivity index (χ0n) is 20.1. The molecule has 1 aliphatic heterocycles. The Morgan fingerprint density at radius 1 is 1.15 bits per heavy atom. The Labute approximate surface area is 205 Å². The number of rotatable bonds is 4. The number of amides is 1. The van der Waals surface area contributed by atoms with E-state index in [2.05, 4.69) is 19.9 Å². The molecule has 5 nitrogen and oxygen atoms in total. The van der Waals surface area contributed by atoms with Gasteiger partial charge in [0.1, 0.15) is 16.8 Å². The van der Waals surface area contributed by atoms with Crippen LogP contribution in [0.4, 0.5) is 5.00 Å². The second kappa shape index (κ2) is 8.70. The van der Waals surface area contributed by atoms with E-state index in [1.807, 2.05) is 31.2 Å². The molecule has 0 saturated carbocycles. The van der Waals surface area contributed by atoms with Gasteiger partial charge in [-0.25, -0.2) is 0 Å². The fourth-order valence-electron chi connectivity index (χ4n) is 5.72. The Morgan fingerprint density at radius 3 is 2.59 bits per heavy atom. The van der Waals surface area contributed by atoms with Gasteiger partial charge in [0.2, 0.25) is 5.91 Å². The van der Waals surface area contributed by atoms with Crippen LogP contribution in [0.25, 0.3) is 0 Å². The van der Waals surface area contributed by atoms with Crippen LogP contribution in [0.15, 0.2) is 35.5 Å². The number of carbonyl (C=O) groups excluding carboxylic acids is 2. The van der Waals surface area contributed by atoms with Gasteiger partial charge in [-0.2, -0.15) is 5.26 Å². The Balaban J connectivity index is 1.65. The highest BCUT2D eigenvalue weighted by Crippen LogP contribution is 2.51. The monoisotopic (exact) mass is 474 g/mol. The molecule has 34 heavy (non-hydrogen) atoms. The molecule has 0 radical (unpaired) electrons. The number of allylic oxidation sites excluding steroid dienone is 2. The normalized spacial score (nSPS) is 21.7. The fraction of sp³-hybridized carbons (Fsp3) is 0.464. The number of nitriles is 1. The van der Waals surface area contributed by atoms with Crippen molar-refractivity contribution in [2.45, 2.75) is 71.6 Å². The van der Waals surface area contributed by atoms with Gasteiger partial charge >= 0.3 is 0 Å². The van der Waals surface area contributed by atoms with Gasteiger partial charge in [0.15, 0.2) is 5.78 Å². The minimum absolute atomic E-state index is 0.0294. The highest BCUT2D eigenvalue weighted by molar-refractivity contribution is 7.16. The van der Waals surface area contributed by atoms with Gasteiger partial charge in [0.25, 0.3) is 0 Å². The summed E-state index contributed by atoms with van der Waals surface area (Å²) in [6, 6.07) is 10.2. The molecule has 6 heteroatoms. The number of hydrogen-bond acceptors (Lipinski definition) is 5. The third-order valence-electron chi connectivity index (χ3n) is 7.20. The Bertz CT molecular complexity index is 1230. The highest BCUT2D eigenvalue weighted by atomic mass is 32.1. The van der Waals surface area contributed by atoms with Crippen LogP contribution in [-0.4, -0.2) is 18.3 Å². The number of Topliss-reactive ketones (excluding diaryl/α,β-unsaturated/α-hetero) is 1. The number of carbonyl (C=O) groups is 2. The van der Waals surface area contributed by atoms with Crippen molar-refractivity contribution in [2.24, 2.45) is 5.41 Å². The van der Waals surface area contributed by atoms with E-state index in [1.54, 1.807) is 16.2 Å². The molecule has 0 bridgehead atoms. The molecule has 5 rings (SSSR count). The van der Waals surface area contributed by atoms with Gasteiger partial charge in [-0.15, -0.1) is 11.3 Å². The van der Waals surface area contributed by atoms with Gasteiger partial charge < -0.3 is 4.74 Å². The first-order chi connectivity index (χ1) is 16.3. The lowest BCUT2D eigenvalue weighted by Gasteiger charge is -2.42. The van der Waals surface area contributed by atoms with Gasteiger partial charge in [0, 0.05) is 34.9 Å². The largest absolute Gasteiger partial charge is 0.494 e. The van der Waals surface area contributed by atoms with E-state index in [-0.39, 0.29) is 29.4 Å². The van der Waals surface area contributed by atoms with Crippen molar-refractivity contribution < 1.29 is 14.3 Å². The van der Waals surface area contributed by atoms with Crippen LogP contribution < -0.4 is 9.64 Å². The minimum atomic E-state index is -0.266. The van der Waals surface area contributed by atoms with Crippen molar-refractivity contribution in [3.63, 3.8) is 0 Å². The smallest absolute Gasteiger partial charge is 0.232 e. The lowest BCUT2D eigenvalue weighted by Crippen LogP contribution is -2.43. The zero-order chi connectivity index (χ0) is 24.0. The van der Waals surface area contributed by atoms with E-state index in [0.717, 1.165) is 58.8 Å². The summed E-state index contributed by atoms with van der Waals surface area (Å²) < 4.78 is 5.58. The lowest BCUT2D eigenvalue weighted by atomic mass is 9.69. The van der Waals surface area contributed by atoms with Crippen molar-refractivity contribution >= 4 is 28.0 Å². The van der Waals surface area contributed by atoms with Crippen LogP contribution >= 0.6 is 11.3 Å². The van der Waals surface area contributed by atoms with E-state index in [9.17, 15) is 14.9 Å². The number of fused-ring (bicyclic) bond motifs is 1. The summed E-state index contributed by atoms with van der Waals surface area (Å²) in [6.45, 7) is 6.70. The molecule has 2 heterocycles. The molecule has 0 unspecified atom stereocenters. The zero-order valence-corrected chi connectivity index (χ0v) is 20.9. The molecule has 176 valence electrons. The summed E-state index contributed by atoms with van der Waals surface area (Å²) in [7, 11) is 0. The second-order valence-electron chi connectivity index (χ2n) is 10.3. The summed E-state index contributed by atoms with van der Waals surface area (Å²) >= 11 is 1.58. The molecule has 1 aromatic carbocycles. The van der Waals surface area contributed by atoms with E-state index >= 15 is 0 Å². The number of aryl methyl sites for hydroxylation is 1. The predicted octanol–water partition coefficient (Wildman–Crippen LogP) is 6.06. The molecule has 3 aliphatic rings. The molecule has 1 atom stereocenters. The van der Waals surface area contributed by atoms with Crippen LogP contribution in [0.3, 0.4) is 0 Å². The van der Waals surface area contributed by atoms with E-state index in [4.69, 9.17) is 4.74 Å². The summed E-state index contributed by atoms with van der Waals surface area (Å²) in [5, 5.41) is 10.8. The van der Waals surface area contributed by atoms with Gasteiger partial charge in [-0.3, -0.25) is 14.5 Å². The first-order valence-corrected chi connectivity index (χ1v) is 13.0. The van der Waals surface area contributed by atoms with Crippen molar-refractivity contribution in [3.05, 3.63) is 57.1 Å². The maximum absolute atomic E-state index is 13.8. The first-order valence-electron chi connectivity index (χ1n) is 12.2. The molecule has 0 fully saturated rings. The quantitative estimate of drug-likeness (QED) is 0.540. The Kier molecular flexibility index (Phi) is 5.85. The lowest BCUT2D eigenvalue weighted by molar-refractivity contribution is -0.120. The van der Waals surface area contributed by atoms with Crippen molar-refractivity contribution in [1.82, 2.24) is 0 Å². The second-order valence-corrected chi connectivity index (χ2v) is 11.4. The van der Waals surface area contributed by atoms with E-state index in [1.165, 1.54) is 4.88 Å². The Morgan fingerprint density at radius 2 is 1.88 bits per heavy atom. The molecule has 1 amide bonds. The summed E-state index contributed by atoms with van der Waals surface area (Å²) in [5.41, 5.74) is 4.01. The predicted molar refractivity (Wildman–Crippen MR) is 133 cm³/mol. The molecular formula is C28H30N2O3S.